The van der Waals surface area contributed by atoms with Crippen molar-refractivity contribution in [1.29, 1.82) is 0 Å². The van der Waals surface area contributed by atoms with Gasteiger partial charge in [-0.3, -0.25) is 0 Å². The molecule has 15 atom stereocenters. The molecule has 22 nitrogen and oxygen atoms in total. The van der Waals surface area contributed by atoms with Gasteiger partial charge in [-0.2, -0.15) is 0 Å². The molecule has 3 saturated heterocycles. The Bertz CT molecular complexity index is 2030. The molecule has 3 heterocycles. The zero-order valence-electron chi connectivity index (χ0n) is 34.6. The van der Waals surface area contributed by atoms with Gasteiger partial charge in [-0.25, -0.2) is 19.2 Å². The molecular weight excluding hydrogens is 860 g/mol. The normalized spacial score (nSPS) is 33.0. The van der Waals surface area contributed by atoms with E-state index in [1.165, 1.54) is 0 Å². The first-order chi connectivity index (χ1) is 31.4. The van der Waals surface area contributed by atoms with Gasteiger partial charge in [-0.15, -0.1) is 0 Å². The van der Waals surface area contributed by atoms with E-state index in [0.717, 1.165) is 0 Å². The van der Waals surface area contributed by atoms with E-state index in [1.54, 1.807) is 91.0 Å². The average molecular weight is 913 g/mol. The molecule has 0 radical (unpaired) electrons. The van der Waals surface area contributed by atoms with Crippen molar-refractivity contribution < 1.29 is 87.7 Å². The van der Waals surface area contributed by atoms with Crippen molar-refractivity contribution in [2.24, 2.45) is 0 Å². The Morgan fingerprint density at radius 3 is 1.55 bits per heavy atom. The highest BCUT2D eigenvalue weighted by molar-refractivity contribution is 5.71. The van der Waals surface area contributed by atoms with Crippen molar-refractivity contribution in [2.75, 3.05) is 13.2 Å². The Labute approximate surface area is 371 Å². The summed E-state index contributed by atoms with van der Waals surface area (Å²) in [6, 6.07) is 22.5. The molecule has 352 valence electrons. The third-order valence-corrected chi connectivity index (χ3v) is 11.3. The van der Waals surface area contributed by atoms with Crippen LogP contribution in [0.2, 0.25) is 0 Å². The summed E-state index contributed by atoms with van der Waals surface area (Å²) in [6.45, 7) is -1.54. The van der Waals surface area contributed by atoms with Crippen LogP contribution in [0.4, 0.5) is 19.2 Å². The minimum atomic E-state index is -1.98. The second-order valence-electron chi connectivity index (χ2n) is 15.8. The van der Waals surface area contributed by atoms with E-state index in [9.17, 15) is 49.8 Å². The molecule has 4 amide bonds. The topological polar surface area (TPSA) is 312 Å². The summed E-state index contributed by atoms with van der Waals surface area (Å²) in [5.41, 5.74) is 1.99. The zero-order valence-corrected chi connectivity index (χ0v) is 34.6. The minimum absolute atomic E-state index is 0.0767. The molecule has 4 aliphatic rings. The van der Waals surface area contributed by atoms with E-state index in [1.807, 2.05) is 0 Å². The van der Waals surface area contributed by atoms with Gasteiger partial charge in [0.25, 0.3) is 0 Å². The first-order valence-corrected chi connectivity index (χ1v) is 20.9. The van der Waals surface area contributed by atoms with Crippen LogP contribution >= 0.6 is 0 Å². The number of aliphatic hydroxyl groups is 6. The van der Waals surface area contributed by atoms with Crippen molar-refractivity contribution in [3.05, 3.63) is 108 Å². The zero-order chi connectivity index (χ0) is 46.0. The van der Waals surface area contributed by atoms with E-state index in [2.05, 4.69) is 21.3 Å². The Hall–Kier alpha value is -5.66. The molecule has 65 heavy (non-hydrogen) atoms. The molecule has 1 aliphatic carbocycles. The number of benzene rings is 3. The molecule has 3 aliphatic heterocycles. The number of nitrogens with one attached hydrogen (secondary N) is 4. The van der Waals surface area contributed by atoms with Crippen molar-refractivity contribution in [2.45, 2.75) is 118 Å². The lowest BCUT2D eigenvalue weighted by Gasteiger charge is -2.49. The van der Waals surface area contributed by atoms with Crippen molar-refractivity contribution in [1.82, 2.24) is 21.3 Å². The first kappa shape index (κ1) is 47.3. The Morgan fingerprint density at radius 1 is 0.600 bits per heavy atom. The number of hydrogen-bond acceptors (Lipinski definition) is 18. The summed E-state index contributed by atoms with van der Waals surface area (Å²) >= 11 is 0. The molecule has 22 heteroatoms. The number of alkyl carbamates (subject to hydrolysis) is 4. The maximum absolute atomic E-state index is 13.4. The summed E-state index contributed by atoms with van der Waals surface area (Å²) < 4.78 is 45.4. The van der Waals surface area contributed by atoms with E-state index in [4.69, 9.17) is 37.9 Å². The predicted molar refractivity (Wildman–Crippen MR) is 218 cm³/mol. The molecule has 4 fully saturated rings. The number of aliphatic hydroxyl groups excluding tert-OH is 6. The van der Waals surface area contributed by atoms with Gasteiger partial charge in [-0.05, 0) is 23.1 Å². The van der Waals surface area contributed by atoms with Crippen molar-refractivity contribution in [3.8, 4) is 0 Å². The summed E-state index contributed by atoms with van der Waals surface area (Å²) in [4.78, 5) is 51.6. The highest BCUT2D eigenvalue weighted by Gasteiger charge is 2.56. The third-order valence-electron chi connectivity index (χ3n) is 11.3. The number of hydrogen-bond donors (Lipinski definition) is 10. The number of ether oxygens (including phenoxy) is 8. The van der Waals surface area contributed by atoms with Crippen LogP contribution in [0.5, 0.6) is 0 Å². The molecule has 0 aromatic heterocycles. The van der Waals surface area contributed by atoms with Crippen LogP contribution in [-0.4, -0.2) is 160 Å². The first-order valence-electron chi connectivity index (χ1n) is 20.9. The molecule has 0 bridgehead atoms. The highest BCUT2D eigenvalue weighted by Crippen LogP contribution is 2.34. The average Bonchev–Trinajstić information content (AvgIpc) is 3.72. The fourth-order valence-corrected chi connectivity index (χ4v) is 7.93. The van der Waals surface area contributed by atoms with Crippen LogP contribution < -0.4 is 21.3 Å². The standard InChI is InChI=1S/C43H52N4O18/c48-18-28-37-29(47-43(57)65-37)31(50)38(62-28)63-35-25(45-41(55)59-20-23-12-6-2-7-13-23)16-26(46-42(56)60-21-24-14-8-3-9-15-24)36(34(35)53)64-39-33(52)32(51)30(49)27(61-39)17-44-40(54)58-19-22-10-4-1-5-11-22/h1-15,25-39,48-53H,16-21H2,(H,44,54)(H,45,55)(H,46,56)(H,47,57)/t25-,26+,27+,28+,29+,30+,31+,32-,33+,34-,35+,36-,37+,38+,39+/m0/s1. The summed E-state index contributed by atoms with van der Waals surface area (Å²) in [7, 11) is 0. The van der Waals surface area contributed by atoms with Crippen LogP contribution in [0.1, 0.15) is 23.1 Å². The van der Waals surface area contributed by atoms with Gasteiger partial charge in [0.1, 0.15) is 80.8 Å². The fraction of sp³-hybridized carbons (Fsp3) is 0.488. The van der Waals surface area contributed by atoms with Gasteiger partial charge in [0, 0.05) is 6.54 Å². The number of carbonyl (C=O) groups is 4. The van der Waals surface area contributed by atoms with Gasteiger partial charge in [0.15, 0.2) is 18.7 Å². The monoisotopic (exact) mass is 912 g/mol. The SMILES string of the molecule is O=C(NC[C@H]1O[C@H](O[C@@H]2[C@@H](O)[C@H](O[C@H]3O[C@H](CO)[C@H]4OC(=O)N[C@@H]4[C@H]3O)[C@@H](NC(=O)OCc3ccccc3)C[C@H]2NC(=O)OCc2ccccc2)[C@H](O)[C@@H](O)[C@@H]1O)OCc1ccccc1. The lowest BCUT2D eigenvalue weighted by atomic mass is 9.83. The van der Waals surface area contributed by atoms with Gasteiger partial charge >= 0.3 is 24.4 Å². The van der Waals surface area contributed by atoms with Crippen LogP contribution in [-0.2, 0) is 57.7 Å². The number of fused-ring (bicyclic) bond motifs is 1. The smallest absolute Gasteiger partial charge is 0.408 e. The summed E-state index contributed by atoms with van der Waals surface area (Å²) in [5, 5.41) is 76.9. The quantitative estimate of drug-likeness (QED) is 0.0852. The van der Waals surface area contributed by atoms with Crippen molar-refractivity contribution >= 4 is 24.4 Å². The van der Waals surface area contributed by atoms with Crippen molar-refractivity contribution in [3.63, 3.8) is 0 Å². The van der Waals surface area contributed by atoms with E-state index < -0.39 is 129 Å². The van der Waals surface area contributed by atoms with E-state index in [-0.39, 0.29) is 26.2 Å². The number of carbonyl (C=O) groups excluding carboxylic acids is 4. The lowest BCUT2D eigenvalue weighted by molar-refractivity contribution is -0.332. The van der Waals surface area contributed by atoms with Crippen LogP contribution in [0.15, 0.2) is 91.0 Å². The van der Waals surface area contributed by atoms with Crippen LogP contribution in [0, 0.1) is 0 Å². The molecular formula is C43H52N4O18. The number of amides is 4. The van der Waals surface area contributed by atoms with Gasteiger partial charge < -0.3 is 89.8 Å². The Morgan fingerprint density at radius 2 is 1.06 bits per heavy atom. The molecule has 0 spiro atoms. The summed E-state index contributed by atoms with van der Waals surface area (Å²) in [6.07, 6.45) is -24.0. The molecule has 7 rings (SSSR count). The fourth-order valence-electron chi connectivity index (χ4n) is 7.93. The van der Waals surface area contributed by atoms with Gasteiger partial charge in [0.05, 0.1) is 18.7 Å². The van der Waals surface area contributed by atoms with Gasteiger partial charge in [0.2, 0.25) is 0 Å². The maximum Gasteiger partial charge on any atom is 0.408 e. The molecule has 0 unspecified atom stereocenters. The largest absolute Gasteiger partial charge is 0.445 e. The maximum atomic E-state index is 13.4. The van der Waals surface area contributed by atoms with E-state index >= 15 is 0 Å². The highest BCUT2D eigenvalue weighted by atomic mass is 16.7. The molecule has 3 aromatic rings. The summed E-state index contributed by atoms with van der Waals surface area (Å²) in [5.74, 6) is 0. The van der Waals surface area contributed by atoms with Gasteiger partial charge in [-0.1, -0.05) is 91.0 Å². The predicted octanol–water partition coefficient (Wildman–Crippen LogP) is -0.599. The Balaban J connectivity index is 1.13. The van der Waals surface area contributed by atoms with E-state index in [0.29, 0.717) is 16.7 Å². The number of rotatable bonds is 15. The van der Waals surface area contributed by atoms with Crippen LogP contribution in [0.25, 0.3) is 0 Å². The molecule has 3 aromatic carbocycles. The second-order valence-corrected chi connectivity index (χ2v) is 15.8. The second kappa shape index (κ2) is 22.0. The molecule has 10 N–H and O–H groups in total. The third kappa shape index (κ3) is 12.0. The molecule has 1 saturated carbocycles. The minimum Gasteiger partial charge on any atom is -0.445 e. The lowest BCUT2D eigenvalue weighted by Crippen LogP contribution is -2.70. The Kier molecular flexibility index (Phi) is 16.0. The van der Waals surface area contributed by atoms with Crippen LogP contribution in [0.3, 0.4) is 0 Å².